The van der Waals surface area contributed by atoms with Crippen molar-refractivity contribution in [2.45, 2.75) is 24.1 Å². The first-order valence-electron chi connectivity index (χ1n) is 4.22. The van der Waals surface area contributed by atoms with Gasteiger partial charge in [-0.15, -0.1) is 0 Å². The van der Waals surface area contributed by atoms with Crippen LogP contribution in [0.1, 0.15) is 16.0 Å². The summed E-state index contributed by atoms with van der Waals surface area (Å²) in [6.45, 7) is 1.79. The molecular formula is C10H9BrF4. The van der Waals surface area contributed by atoms with Crippen molar-refractivity contribution in [3.63, 3.8) is 0 Å². The van der Waals surface area contributed by atoms with Gasteiger partial charge < -0.3 is 0 Å². The van der Waals surface area contributed by atoms with E-state index in [1.807, 2.05) is 0 Å². The van der Waals surface area contributed by atoms with Crippen LogP contribution in [0.25, 0.3) is 0 Å². The maximum Gasteiger partial charge on any atom is 0.323 e. The summed E-state index contributed by atoms with van der Waals surface area (Å²) in [6, 6.07) is 6.02. The van der Waals surface area contributed by atoms with Gasteiger partial charge in [-0.1, -0.05) is 45.8 Å². The van der Waals surface area contributed by atoms with Crippen LogP contribution in [0.15, 0.2) is 24.3 Å². The van der Waals surface area contributed by atoms with E-state index in [4.69, 9.17) is 0 Å². The topological polar surface area (TPSA) is 0 Å². The molecule has 0 saturated carbocycles. The quantitative estimate of drug-likeness (QED) is 0.572. The van der Waals surface area contributed by atoms with E-state index in [1.54, 1.807) is 19.1 Å². The van der Waals surface area contributed by atoms with Crippen LogP contribution in [-0.2, 0) is 0 Å². The number of benzene rings is 1. The van der Waals surface area contributed by atoms with E-state index in [2.05, 4.69) is 15.9 Å². The second-order valence-corrected chi connectivity index (χ2v) is 4.16. The molecule has 0 heterocycles. The van der Waals surface area contributed by atoms with Crippen molar-refractivity contribution in [3.8, 4) is 0 Å². The van der Waals surface area contributed by atoms with Crippen molar-refractivity contribution in [1.82, 2.24) is 0 Å². The van der Waals surface area contributed by atoms with Crippen molar-refractivity contribution < 1.29 is 17.6 Å². The number of rotatable bonds is 3. The Kier molecular flexibility index (Phi) is 3.76. The van der Waals surface area contributed by atoms with E-state index in [0.717, 1.165) is 5.56 Å². The molecule has 0 saturated heterocycles. The number of hydrogen-bond donors (Lipinski definition) is 0. The lowest BCUT2D eigenvalue weighted by Crippen LogP contribution is -2.31. The lowest BCUT2D eigenvalue weighted by Gasteiger charge is -2.21. The van der Waals surface area contributed by atoms with E-state index in [9.17, 15) is 17.6 Å². The van der Waals surface area contributed by atoms with Crippen molar-refractivity contribution >= 4 is 15.9 Å². The molecule has 0 aliphatic rings. The normalized spacial score (nSPS) is 14.3. The molecule has 1 aromatic rings. The van der Waals surface area contributed by atoms with Gasteiger partial charge in [-0.2, -0.15) is 8.78 Å². The third-order valence-electron chi connectivity index (χ3n) is 2.00. The van der Waals surface area contributed by atoms with Gasteiger partial charge in [-0.05, 0) is 12.5 Å². The predicted molar refractivity (Wildman–Crippen MR) is 53.8 cm³/mol. The summed E-state index contributed by atoms with van der Waals surface area (Å²) in [4.78, 5) is -1.66. The van der Waals surface area contributed by atoms with E-state index in [-0.39, 0.29) is 5.56 Å². The summed E-state index contributed by atoms with van der Waals surface area (Å²) in [7, 11) is 0. The van der Waals surface area contributed by atoms with E-state index < -0.39 is 17.2 Å². The van der Waals surface area contributed by atoms with Crippen LogP contribution in [0, 0.1) is 6.92 Å². The minimum absolute atomic E-state index is 0.144. The average molecular weight is 285 g/mol. The first-order chi connectivity index (χ1) is 6.85. The summed E-state index contributed by atoms with van der Waals surface area (Å²) < 4.78 is 50.0. The molecule has 0 aromatic heterocycles. The van der Waals surface area contributed by atoms with Gasteiger partial charge in [0.1, 0.15) is 4.83 Å². The van der Waals surface area contributed by atoms with Gasteiger partial charge in [0.15, 0.2) is 0 Å². The lowest BCUT2D eigenvalue weighted by atomic mass is 10.1. The molecule has 1 aromatic carbocycles. The van der Waals surface area contributed by atoms with Crippen LogP contribution in [0.3, 0.4) is 0 Å². The fraction of sp³-hybridized carbons (Fsp3) is 0.400. The molecule has 84 valence electrons. The van der Waals surface area contributed by atoms with Crippen LogP contribution in [-0.4, -0.2) is 12.3 Å². The van der Waals surface area contributed by atoms with Gasteiger partial charge in [0.2, 0.25) is 0 Å². The SMILES string of the molecule is Cc1ccc(C(Br)C(F)(F)C(F)F)cc1. The minimum atomic E-state index is -4.06. The molecule has 5 heteroatoms. The molecule has 0 aliphatic carbocycles. The number of alkyl halides is 5. The highest BCUT2D eigenvalue weighted by atomic mass is 79.9. The molecule has 0 N–H and O–H groups in total. The van der Waals surface area contributed by atoms with E-state index in [0.29, 0.717) is 0 Å². The third kappa shape index (κ3) is 2.71. The van der Waals surface area contributed by atoms with Crippen molar-refractivity contribution in [2.75, 3.05) is 0 Å². The van der Waals surface area contributed by atoms with E-state index >= 15 is 0 Å². The average Bonchev–Trinajstić information content (AvgIpc) is 2.17. The zero-order valence-corrected chi connectivity index (χ0v) is 9.44. The lowest BCUT2D eigenvalue weighted by molar-refractivity contribution is -0.127. The molecule has 0 amide bonds. The largest absolute Gasteiger partial charge is 0.323 e. The number of hydrogen-bond acceptors (Lipinski definition) is 0. The zero-order valence-electron chi connectivity index (χ0n) is 7.85. The Hall–Kier alpha value is -0.580. The smallest absolute Gasteiger partial charge is 0.204 e. The molecule has 1 atom stereocenters. The predicted octanol–water partition coefficient (Wildman–Crippen LogP) is 4.33. The minimum Gasteiger partial charge on any atom is -0.204 e. The maximum atomic E-state index is 12.9. The van der Waals surface area contributed by atoms with Gasteiger partial charge >= 0.3 is 12.3 Å². The number of aryl methyl sites for hydroxylation is 1. The summed E-state index contributed by atoms with van der Waals surface area (Å²) in [5.41, 5.74) is 1.03. The molecule has 0 bridgehead atoms. The highest BCUT2D eigenvalue weighted by Crippen LogP contribution is 2.42. The Balaban J connectivity index is 2.94. The molecule has 15 heavy (non-hydrogen) atoms. The van der Waals surface area contributed by atoms with Crippen molar-refractivity contribution in [2.24, 2.45) is 0 Å². The highest BCUT2D eigenvalue weighted by Gasteiger charge is 2.48. The van der Waals surface area contributed by atoms with Gasteiger partial charge in [-0.3, -0.25) is 0 Å². The van der Waals surface area contributed by atoms with Crippen LogP contribution in [0.5, 0.6) is 0 Å². The summed E-state index contributed by atoms with van der Waals surface area (Å²) in [5.74, 6) is -4.06. The van der Waals surface area contributed by atoms with Crippen LogP contribution in [0.4, 0.5) is 17.6 Å². The molecule has 1 rings (SSSR count). The van der Waals surface area contributed by atoms with Gasteiger partial charge in [0.05, 0.1) is 0 Å². The second-order valence-electron chi connectivity index (χ2n) is 3.25. The molecule has 0 radical (unpaired) electrons. The third-order valence-corrected chi connectivity index (χ3v) is 3.14. The Labute approximate surface area is 93.4 Å². The van der Waals surface area contributed by atoms with Crippen LogP contribution >= 0.6 is 15.9 Å². The Morgan fingerprint density at radius 1 is 1.13 bits per heavy atom. The van der Waals surface area contributed by atoms with Crippen LogP contribution < -0.4 is 0 Å². The van der Waals surface area contributed by atoms with Gasteiger partial charge in [0, 0.05) is 0 Å². The van der Waals surface area contributed by atoms with E-state index in [1.165, 1.54) is 12.1 Å². The molecule has 0 fully saturated rings. The van der Waals surface area contributed by atoms with Crippen molar-refractivity contribution in [3.05, 3.63) is 35.4 Å². The molecular weight excluding hydrogens is 276 g/mol. The standard InChI is InChI=1S/C10H9BrF4/c1-6-2-4-7(5-3-6)8(11)10(14,15)9(12)13/h2-5,8-9H,1H3. The Morgan fingerprint density at radius 3 is 2.00 bits per heavy atom. The molecule has 0 aliphatic heterocycles. The summed E-state index contributed by atoms with van der Waals surface area (Å²) in [5, 5.41) is 0. The summed E-state index contributed by atoms with van der Waals surface area (Å²) >= 11 is 2.60. The first kappa shape index (κ1) is 12.5. The second kappa shape index (κ2) is 4.51. The fourth-order valence-corrected chi connectivity index (χ4v) is 1.57. The Bertz CT molecular complexity index is 321. The molecule has 1 unspecified atom stereocenters. The maximum absolute atomic E-state index is 12.9. The van der Waals surface area contributed by atoms with Crippen LogP contribution in [0.2, 0.25) is 0 Å². The van der Waals surface area contributed by atoms with Crippen molar-refractivity contribution in [1.29, 1.82) is 0 Å². The van der Waals surface area contributed by atoms with Gasteiger partial charge in [-0.25, -0.2) is 8.78 Å². The molecule has 0 spiro atoms. The fourth-order valence-electron chi connectivity index (χ4n) is 1.07. The summed E-state index contributed by atoms with van der Waals surface area (Å²) in [6.07, 6.45) is -3.68. The monoisotopic (exact) mass is 284 g/mol. The highest BCUT2D eigenvalue weighted by molar-refractivity contribution is 9.09. The van der Waals surface area contributed by atoms with Gasteiger partial charge in [0.25, 0.3) is 0 Å². The Morgan fingerprint density at radius 2 is 1.60 bits per heavy atom. The molecule has 0 nitrogen and oxygen atoms in total. The number of halogens is 5. The zero-order chi connectivity index (χ0) is 11.6. The first-order valence-corrected chi connectivity index (χ1v) is 5.14.